The second-order valence-electron chi connectivity index (χ2n) is 9.66. The Morgan fingerprint density at radius 3 is 2.58 bits per heavy atom. The normalized spacial score (nSPS) is 31.9. The van der Waals surface area contributed by atoms with E-state index < -0.39 is 0 Å². The highest BCUT2D eigenvalue weighted by Crippen LogP contribution is 2.44. The van der Waals surface area contributed by atoms with Gasteiger partial charge in [0.15, 0.2) is 0 Å². The van der Waals surface area contributed by atoms with Gasteiger partial charge in [-0.1, -0.05) is 11.6 Å². The van der Waals surface area contributed by atoms with Crippen LogP contribution in [-0.2, 0) is 9.59 Å². The highest BCUT2D eigenvalue weighted by molar-refractivity contribution is 6.33. The van der Waals surface area contributed by atoms with Crippen molar-refractivity contribution in [1.82, 2.24) is 9.88 Å². The first kappa shape index (κ1) is 21.0. The van der Waals surface area contributed by atoms with E-state index in [1.165, 1.54) is 0 Å². The van der Waals surface area contributed by atoms with E-state index in [-0.39, 0.29) is 29.4 Å². The second-order valence-corrected chi connectivity index (χ2v) is 10.1. The molecule has 1 aliphatic carbocycles. The number of aliphatic hydroxyl groups excluding tert-OH is 1. The summed E-state index contributed by atoms with van der Waals surface area (Å²) in [5, 5.41) is 10.4. The van der Waals surface area contributed by atoms with Crippen molar-refractivity contribution in [3.05, 3.63) is 17.3 Å². The molecule has 0 bridgehead atoms. The molecule has 5 rings (SSSR count). The summed E-state index contributed by atoms with van der Waals surface area (Å²) in [6.45, 7) is 3.00. The Morgan fingerprint density at radius 2 is 1.87 bits per heavy atom. The number of carbonyl (C=O) groups excluding carboxylic acids is 2. The van der Waals surface area contributed by atoms with Crippen molar-refractivity contribution in [2.24, 2.45) is 5.41 Å². The van der Waals surface area contributed by atoms with Gasteiger partial charge in [0.05, 0.1) is 28.4 Å². The Hall–Kier alpha value is -1.86. The standard InChI is InChI=1S/C23H31ClN4O3/c24-19-13-17(27-11-1-3-20(27)30)14-25-21(19)26-10-2-8-23(15-26)9-12-28(22(23)31)16-4-6-18(29)7-5-16/h13-14,16,18,29H,1-12,15H2/t16-,18-,23-/m1/s1. The van der Waals surface area contributed by atoms with Gasteiger partial charge in [-0.05, 0) is 57.4 Å². The van der Waals surface area contributed by atoms with Crippen LogP contribution in [0.15, 0.2) is 12.3 Å². The maximum absolute atomic E-state index is 13.5. The van der Waals surface area contributed by atoms with Crippen LogP contribution in [0.3, 0.4) is 0 Å². The van der Waals surface area contributed by atoms with Crippen LogP contribution in [0.4, 0.5) is 11.5 Å². The molecular formula is C23H31ClN4O3. The third kappa shape index (κ3) is 3.80. The van der Waals surface area contributed by atoms with Crippen LogP contribution in [-0.4, -0.2) is 65.1 Å². The number of hydrogen-bond acceptors (Lipinski definition) is 5. The minimum atomic E-state index is -0.358. The molecule has 4 aliphatic rings. The van der Waals surface area contributed by atoms with Crippen molar-refractivity contribution in [1.29, 1.82) is 0 Å². The second kappa shape index (κ2) is 8.24. The highest BCUT2D eigenvalue weighted by Gasteiger charge is 2.51. The molecule has 0 aromatic carbocycles. The lowest BCUT2D eigenvalue weighted by Gasteiger charge is -2.41. The predicted molar refractivity (Wildman–Crippen MR) is 119 cm³/mol. The molecule has 4 heterocycles. The number of aromatic nitrogens is 1. The van der Waals surface area contributed by atoms with Gasteiger partial charge in [0.25, 0.3) is 0 Å². The molecule has 168 valence electrons. The summed E-state index contributed by atoms with van der Waals surface area (Å²) in [5.41, 5.74) is 0.397. The van der Waals surface area contributed by atoms with Crippen molar-refractivity contribution >= 4 is 34.9 Å². The maximum Gasteiger partial charge on any atom is 0.230 e. The summed E-state index contributed by atoms with van der Waals surface area (Å²) in [6, 6.07) is 2.11. The fourth-order valence-corrected chi connectivity index (χ4v) is 6.26. The lowest BCUT2D eigenvalue weighted by Crippen LogP contribution is -2.50. The molecule has 3 aliphatic heterocycles. The summed E-state index contributed by atoms with van der Waals surface area (Å²) in [6.07, 6.45) is 9.07. The Labute approximate surface area is 188 Å². The first-order valence-corrected chi connectivity index (χ1v) is 12.0. The van der Waals surface area contributed by atoms with Crippen LogP contribution < -0.4 is 9.80 Å². The van der Waals surface area contributed by atoms with Crippen molar-refractivity contribution in [3.63, 3.8) is 0 Å². The van der Waals surface area contributed by atoms with E-state index in [9.17, 15) is 14.7 Å². The average molecular weight is 447 g/mol. The highest BCUT2D eigenvalue weighted by atomic mass is 35.5. The van der Waals surface area contributed by atoms with Crippen LogP contribution in [0, 0.1) is 5.41 Å². The van der Waals surface area contributed by atoms with Gasteiger partial charge in [-0.2, -0.15) is 0 Å². The number of hydrogen-bond donors (Lipinski definition) is 1. The number of carbonyl (C=O) groups is 2. The lowest BCUT2D eigenvalue weighted by atomic mass is 9.78. The number of nitrogens with zero attached hydrogens (tertiary/aromatic N) is 4. The zero-order valence-corrected chi connectivity index (χ0v) is 18.7. The number of likely N-dealkylation sites (tertiary alicyclic amines) is 1. The number of halogens is 1. The topological polar surface area (TPSA) is 77.0 Å². The molecule has 4 fully saturated rings. The zero-order chi connectivity index (χ0) is 21.6. The molecule has 1 saturated carbocycles. The third-order valence-electron chi connectivity index (χ3n) is 7.72. The van der Waals surface area contributed by atoms with Crippen LogP contribution in [0.2, 0.25) is 5.02 Å². The molecule has 7 nitrogen and oxygen atoms in total. The molecule has 1 spiro atoms. The first-order valence-electron chi connectivity index (χ1n) is 11.7. The van der Waals surface area contributed by atoms with Crippen molar-refractivity contribution in [3.8, 4) is 0 Å². The quantitative estimate of drug-likeness (QED) is 0.772. The minimum Gasteiger partial charge on any atom is -0.393 e. The van der Waals surface area contributed by atoms with Gasteiger partial charge in [-0.15, -0.1) is 0 Å². The number of aliphatic hydroxyl groups is 1. The lowest BCUT2D eigenvalue weighted by molar-refractivity contribution is -0.139. The zero-order valence-electron chi connectivity index (χ0n) is 17.9. The van der Waals surface area contributed by atoms with Gasteiger partial charge in [0.1, 0.15) is 5.82 Å². The fourth-order valence-electron chi connectivity index (χ4n) is 5.98. The van der Waals surface area contributed by atoms with E-state index in [1.54, 1.807) is 11.1 Å². The molecule has 1 aromatic rings. The molecule has 8 heteroatoms. The molecule has 1 N–H and O–H groups in total. The van der Waals surface area contributed by atoms with Crippen LogP contribution in [0.1, 0.15) is 57.8 Å². The number of rotatable bonds is 3. The molecule has 3 saturated heterocycles. The van der Waals surface area contributed by atoms with Crippen LogP contribution in [0.25, 0.3) is 0 Å². The Kier molecular flexibility index (Phi) is 5.59. The molecule has 2 amide bonds. The number of pyridine rings is 1. The van der Waals surface area contributed by atoms with Gasteiger partial charge in [0, 0.05) is 38.6 Å². The summed E-state index contributed by atoms with van der Waals surface area (Å²) < 4.78 is 0. The smallest absolute Gasteiger partial charge is 0.230 e. The summed E-state index contributed by atoms with van der Waals surface area (Å²) in [4.78, 5) is 36.2. The number of amides is 2. The van der Waals surface area contributed by atoms with Crippen molar-refractivity contribution in [2.45, 2.75) is 69.9 Å². The molecule has 1 aromatic heterocycles. The van der Waals surface area contributed by atoms with Gasteiger partial charge in [-0.25, -0.2) is 4.98 Å². The third-order valence-corrected chi connectivity index (χ3v) is 8.00. The van der Waals surface area contributed by atoms with Crippen molar-refractivity contribution in [2.75, 3.05) is 36.0 Å². The molecule has 0 unspecified atom stereocenters. The van der Waals surface area contributed by atoms with Crippen molar-refractivity contribution < 1.29 is 14.7 Å². The maximum atomic E-state index is 13.5. The Morgan fingerprint density at radius 1 is 1.06 bits per heavy atom. The number of piperidine rings is 1. The van der Waals surface area contributed by atoms with E-state index in [2.05, 4.69) is 14.8 Å². The molecule has 0 radical (unpaired) electrons. The van der Waals surface area contributed by atoms with E-state index in [1.807, 2.05) is 6.07 Å². The summed E-state index contributed by atoms with van der Waals surface area (Å²) in [7, 11) is 0. The summed E-state index contributed by atoms with van der Waals surface area (Å²) in [5.74, 6) is 1.10. The predicted octanol–water partition coefficient (Wildman–Crippen LogP) is 2.98. The van der Waals surface area contributed by atoms with Crippen LogP contribution in [0.5, 0.6) is 0 Å². The number of anilines is 2. The largest absolute Gasteiger partial charge is 0.393 e. The van der Waals surface area contributed by atoms with Gasteiger partial charge >= 0.3 is 0 Å². The Balaban J connectivity index is 1.31. The summed E-state index contributed by atoms with van der Waals surface area (Å²) >= 11 is 6.62. The van der Waals surface area contributed by atoms with E-state index >= 15 is 0 Å². The first-order chi connectivity index (χ1) is 15.0. The van der Waals surface area contributed by atoms with E-state index in [0.717, 1.165) is 70.1 Å². The molecule has 1 atom stereocenters. The van der Waals surface area contributed by atoms with Gasteiger partial charge in [-0.3, -0.25) is 9.59 Å². The SMILES string of the molecule is O=C1CCCN1c1cnc(N2CCC[C@@]3(CCN([C@H]4CC[C@H](O)CC4)C3=O)C2)c(Cl)c1. The minimum absolute atomic E-state index is 0.120. The average Bonchev–Trinajstić information content (AvgIpc) is 3.33. The molecule has 31 heavy (non-hydrogen) atoms. The van der Waals surface area contributed by atoms with E-state index in [4.69, 9.17) is 11.6 Å². The van der Waals surface area contributed by atoms with Gasteiger partial charge < -0.3 is 19.8 Å². The molecular weight excluding hydrogens is 416 g/mol. The van der Waals surface area contributed by atoms with Crippen LogP contribution >= 0.6 is 11.6 Å². The van der Waals surface area contributed by atoms with Gasteiger partial charge in [0.2, 0.25) is 11.8 Å². The van der Waals surface area contributed by atoms with E-state index in [0.29, 0.717) is 30.4 Å². The fraction of sp³-hybridized carbons (Fsp3) is 0.696. The Bertz CT molecular complexity index is 872. The monoisotopic (exact) mass is 446 g/mol.